The number of nitrogens with zero attached hydrogens (tertiary/aromatic N) is 4. The molecule has 1 atom stereocenters. The van der Waals surface area contributed by atoms with E-state index in [1.807, 2.05) is 17.3 Å². The first-order valence-corrected chi connectivity index (χ1v) is 11.3. The number of rotatable bonds is 7. The standard InChI is InChI=1S/C23H33N5O/c1-2-28-21-9-8-19(25-12-6-7-18-10-13-24-14-11-18)17-20(21)22(26-28)23(29)27-15-4-3-5-16-27/h10-11,13-14,19,25H,2-9,12,15-17H2,1H3. The molecule has 2 aromatic heterocycles. The van der Waals surface area contributed by atoms with Crippen LogP contribution < -0.4 is 5.32 Å². The maximum absolute atomic E-state index is 13.1. The van der Waals surface area contributed by atoms with E-state index in [1.54, 1.807) is 0 Å². The summed E-state index contributed by atoms with van der Waals surface area (Å²) in [7, 11) is 0. The van der Waals surface area contributed by atoms with Gasteiger partial charge in [0.25, 0.3) is 5.91 Å². The third-order valence-electron chi connectivity index (χ3n) is 6.32. The highest BCUT2D eigenvalue weighted by molar-refractivity contribution is 5.94. The van der Waals surface area contributed by atoms with Crippen molar-refractivity contribution >= 4 is 5.91 Å². The highest BCUT2D eigenvalue weighted by Crippen LogP contribution is 2.26. The molecule has 1 aliphatic heterocycles. The fraction of sp³-hybridized carbons (Fsp3) is 0.609. The van der Waals surface area contributed by atoms with Crippen molar-refractivity contribution in [3.63, 3.8) is 0 Å². The quantitative estimate of drug-likeness (QED) is 0.732. The number of likely N-dealkylation sites (tertiary alicyclic amines) is 1. The van der Waals surface area contributed by atoms with E-state index in [2.05, 4.69) is 34.0 Å². The maximum atomic E-state index is 13.1. The summed E-state index contributed by atoms with van der Waals surface area (Å²) in [5.41, 5.74) is 4.53. The van der Waals surface area contributed by atoms with Crippen molar-refractivity contribution in [2.24, 2.45) is 0 Å². The van der Waals surface area contributed by atoms with Gasteiger partial charge >= 0.3 is 0 Å². The molecular weight excluding hydrogens is 362 g/mol. The number of hydrogen-bond donors (Lipinski definition) is 1. The van der Waals surface area contributed by atoms with Gasteiger partial charge in [-0.15, -0.1) is 0 Å². The molecule has 0 bridgehead atoms. The first-order chi connectivity index (χ1) is 14.3. The van der Waals surface area contributed by atoms with E-state index >= 15 is 0 Å². The molecule has 1 fully saturated rings. The Morgan fingerprint density at radius 3 is 2.76 bits per heavy atom. The number of fused-ring (bicyclic) bond motifs is 1. The zero-order valence-corrected chi connectivity index (χ0v) is 17.6. The van der Waals surface area contributed by atoms with E-state index in [4.69, 9.17) is 5.10 Å². The molecule has 0 spiro atoms. The molecule has 2 aromatic rings. The second-order valence-corrected chi connectivity index (χ2v) is 8.30. The largest absolute Gasteiger partial charge is 0.337 e. The lowest BCUT2D eigenvalue weighted by Gasteiger charge is -2.27. The van der Waals surface area contributed by atoms with E-state index in [1.165, 1.54) is 23.2 Å². The lowest BCUT2D eigenvalue weighted by molar-refractivity contribution is 0.0716. The number of carbonyl (C=O) groups excluding carboxylic acids is 1. The van der Waals surface area contributed by atoms with Crippen LogP contribution in [0.25, 0.3) is 0 Å². The molecular formula is C23H33N5O. The molecule has 1 N–H and O–H groups in total. The van der Waals surface area contributed by atoms with Crippen molar-refractivity contribution in [3.8, 4) is 0 Å². The van der Waals surface area contributed by atoms with Gasteiger partial charge in [0.15, 0.2) is 5.69 Å². The van der Waals surface area contributed by atoms with E-state index in [0.29, 0.717) is 11.7 Å². The molecule has 1 unspecified atom stereocenters. The number of piperidine rings is 1. The third kappa shape index (κ3) is 4.69. The van der Waals surface area contributed by atoms with Gasteiger partial charge in [0.1, 0.15) is 0 Å². The molecule has 156 valence electrons. The zero-order chi connectivity index (χ0) is 20.1. The van der Waals surface area contributed by atoms with Crippen molar-refractivity contribution < 1.29 is 4.79 Å². The van der Waals surface area contributed by atoms with Crippen LogP contribution >= 0.6 is 0 Å². The van der Waals surface area contributed by atoms with Crippen LogP contribution in [0.3, 0.4) is 0 Å². The number of carbonyl (C=O) groups is 1. The predicted octanol–water partition coefficient (Wildman–Crippen LogP) is 3.00. The lowest BCUT2D eigenvalue weighted by atomic mass is 9.90. The molecule has 4 rings (SSSR count). The highest BCUT2D eigenvalue weighted by atomic mass is 16.2. The SMILES string of the molecule is CCn1nc(C(=O)N2CCCCC2)c2c1CCC(NCCCc1ccncc1)C2. The monoisotopic (exact) mass is 395 g/mol. The highest BCUT2D eigenvalue weighted by Gasteiger charge is 2.31. The molecule has 1 amide bonds. The van der Waals surface area contributed by atoms with E-state index in [0.717, 1.165) is 71.1 Å². The molecule has 6 nitrogen and oxygen atoms in total. The Morgan fingerprint density at radius 1 is 1.21 bits per heavy atom. The Kier molecular flexibility index (Phi) is 6.60. The van der Waals surface area contributed by atoms with Crippen molar-refractivity contribution in [1.82, 2.24) is 25.0 Å². The lowest BCUT2D eigenvalue weighted by Crippen LogP contribution is -2.38. The average Bonchev–Trinajstić information content (AvgIpc) is 3.15. The van der Waals surface area contributed by atoms with Gasteiger partial charge in [-0.1, -0.05) is 0 Å². The summed E-state index contributed by atoms with van der Waals surface area (Å²) in [5.74, 6) is 0.145. The Morgan fingerprint density at radius 2 is 2.00 bits per heavy atom. The second-order valence-electron chi connectivity index (χ2n) is 8.30. The summed E-state index contributed by atoms with van der Waals surface area (Å²) in [6.07, 6.45) is 12.4. The molecule has 6 heteroatoms. The van der Waals surface area contributed by atoms with Gasteiger partial charge in [0.2, 0.25) is 0 Å². The molecule has 0 radical (unpaired) electrons. The van der Waals surface area contributed by atoms with Gasteiger partial charge in [-0.3, -0.25) is 14.5 Å². The third-order valence-corrected chi connectivity index (χ3v) is 6.32. The smallest absolute Gasteiger partial charge is 0.274 e. The van der Waals surface area contributed by atoms with Gasteiger partial charge in [-0.25, -0.2) is 0 Å². The number of pyridine rings is 1. The average molecular weight is 396 g/mol. The molecule has 0 saturated carbocycles. The topological polar surface area (TPSA) is 63.1 Å². The van der Waals surface area contributed by atoms with Gasteiger partial charge in [0.05, 0.1) is 0 Å². The summed E-state index contributed by atoms with van der Waals surface area (Å²) < 4.78 is 2.06. The Hall–Kier alpha value is -2.21. The second kappa shape index (κ2) is 9.53. The minimum atomic E-state index is 0.145. The summed E-state index contributed by atoms with van der Waals surface area (Å²) in [4.78, 5) is 19.2. The predicted molar refractivity (Wildman–Crippen MR) is 114 cm³/mol. The van der Waals surface area contributed by atoms with Crippen LogP contribution in [-0.4, -0.2) is 51.2 Å². The van der Waals surface area contributed by atoms with E-state index < -0.39 is 0 Å². The number of aryl methyl sites for hydroxylation is 2. The van der Waals surface area contributed by atoms with Crippen molar-refractivity contribution in [2.45, 2.75) is 70.9 Å². The fourth-order valence-electron chi connectivity index (χ4n) is 4.69. The Bertz CT molecular complexity index is 810. The van der Waals surface area contributed by atoms with E-state index in [9.17, 15) is 4.79 Å². The molecule has 1 aliphatic carbocycles. The van der Waals surface area contributed by atoms with Crippen molar-refractivity contribution in [1.29, 1.82) is 0 Å². The molecule has 2 aliphatic rings. The molecule has 29 heavy (non-hydrogen) atoms. The van der Waals surface area contributed by atoms with Crippen LogP contribution in [0.4, 0.5) is 0 Å². The van der Waals surface area contributed by atoms with Gasteiger partial charge in [-0.2, -0.15) is 5.10 Å². The fourth-order valence-corrected chi connectivity index (χ4v) is 4.69. The van der Waals surface area contributed by atoms with Crippen LogP contribution in [0, 0.1) is 0 Å². The van der Waals surface area contributed by atoms with Crippen LogP contribution in [0.5, 0.6) is 0 Å². The van der Waals surface area contributed by atoms with E-state index in [-0.39, 0.29) is 5.91 Å². The number of nitrogens with one attached hydrogen (secondary N) is 1. The summed E-state index contributed by atoms with van der Waals surface area (Å²) in [5, 5.41) is 8.48. The van der Waals surface area contributed by atoms with Gasteiger partial charge < -0.3 is 10.2 Å². The first kappa shape index (κ1) is 20.1. The zero-order valence-electron chi connectivity index (χ0n) is 17.6. The first-order valence-electron chi connectivity index (χ1n) is 11.3. The van der Waals surface area contributed by atoms with Crippen LogP contribution in [-0.2, 0) is 25.8 Å². The summed E-state index contributed by atoms with van der Waals surface area (Å²) in [6.45, 7) is 5.71. The van der Waals surface area contributed by atoms with Crippen LogP contribution in [0.1, 0.15) is 66.3 Å². The molecule has 3 heterocycles. The minimum Gasteiger partial charge on any atom is -0.337 e. The van der Waals surface area contributed by atoms with Gasteiger partial charge in [0, 0.05) is 49.3 Å². The van der Waals surface area contributed by atoms with Crippen molar-refractivity contribution in [2.75, 3.05) is 19.6 Å². The van der Waals surface area contributed by atoms with Crippen LogP contribution in [0.15, 0.2) is 24.5 Å². The van der Waals surface area contributed by atoms with Crippen molar-refractivity contribution in [3.05, 3.63) is 47.0 Å². The van der Waals surface area contributed by atoms with Crippen LogP contribution in [0.2, 0.25) is 0 Å². The van der Waals surface area contributed by atoms with Gasteiger partial charge in [-0.05, 0) is 82.5 Å². The maximum Gasteiger partial charge on any atom is 0.274 e. The minimum absolute atomic E-state index is 0.145. The molecule has 1 saturated heterocycles. The normalized spacial score (nSPS) is 19.2. The summed E-state index contributed by atoms with van der Waals surface area (Å²) >= 11 is 0. The number of amides is 1. The molecule has 0 aromatic carbocycles. The Balaban J connectivity index is 1.38. The summed E-state index contributed by atoms with van der Waals surface area (Å²) in [6, 6.07) is 4.61. The number of hydrogen-bond acceptors (Lipinski definition) is 4. The Labute approximate surface area is 173 Å². The number of aromatic nitrogens is 3.